The first kappa shape index (κ1) is 22.2. The van der Waals surface area contributed by atoms with Gasteiger partial charge in [0, 0.05) is 31.9 Å². The molecule has 172 valence electrons. The van der Waals surface area contributed by atoms with E-state index in [1.807, 2.05) is 35.8 Å². The predicted octanol–water partition coefficient (Wildman–Crippen LogP) is 2.74. The van der Waals surface area contributed by atoms with Gasteiger partial charge in [0.05, 0.1) is 21.6 Å². The molecule has 1 aromatic heterocycles. The van der Waals surface area contributed by atoms with Crippen LogP contribution in [0.3, 0.4) is 0 Å². The van der Waals surface area contributed by atoms with Gasteiger partial charge in [0.25, 0.3) is 11.6 Å². The number of aryl methyl sites for hydroxylation is 1. The third-order valence-electron chi connectivity index (χ3n) is 5.18. The number of non-ortho nitro benzene ring substituents is 1. The highest BCUT2D eigenvalue weighted by Gasteiger charge is 2.29. The summed E-state index contributed by atoms with van der Waals surface area (Å²) in [5, 5.41) is 13.9. The van der Waals surface area contributed by atoms with Gasteiger partial charge in [0.15, 0.2) is 6.61 Å². The van der Waals surface area contributed by atoms with E-state index in [1.165, 1.54) is 23.1 Å². The lowest BCUT2D eigenvalue weighted by atomic mass is 10.2. The minimum absolute atomic E-state index is 0.181. The van der Waals surface area contributed by atoms with E-state index in [9.17, 15) is 19.7 Å². The lowest BCUT2D eigenvalue weighted by molar-refractivity contribution is -0.384. The van der Waals surface area contributed by atoms with Crippen LogP contribution in [0.5, 0.6) is 5.75 Å². The van der Waals surface area contributed by atoms with E-state index in [-0.39, 0.29) is 24.5 Å². The largest absolute Gasteiger partial charge is 0.482 e. The fourth-order valence-corrected chi connectivity index (χ4v) is 3.65. The molecular formula is C22H23N5O6. The summed E-state index contributed by atoms with van der Waals surface area (Å²) in [6.07, 6.45) is 0.732. The van der Waals surface area contributed by atoms with Gasteiger partial charge >= 0.3 is 0 Å². The monoisotopic (exact) mass is 453 g/mol. The van der Waals surface area contributed by atoms with Crippen molar-refractivity contribution >= 4 is 40.2 Å². The summed E-state index contributed by atoms with van der Waals surface area (Å²) >= 11 is 0. The molecule has 0 bridgehead atoms. The number of aromatic nitrogens is 2. The van der Waals surface area contributed by atoms with Gasteiger partial charge in [0.1, 0.15) is 12.3 Å². The molecule has 1 aliphatic rings. The maximum atomic E-state index is 12.9. The Balaban J connectivity index is 1.55. The highest BCUT2D eigenvalue weighted by Crippen LogP contribution is 2.35. The fraction of sp³-hybridized carbons (Fsp3) is 0.318. The Morgan fingerprint density at radius 1 is 1.30 bits per heavy atom. The highest BCUT2D eigenvalue weighted by molar-refractivity contribution is 6.05. The topological polar surface area (TPSA) is 129 Å². The summed E-state index contributed by atoms with van der Waals surface area (Å²) in [4.78, 5) is 41.6. The van der Waals surface area contributed by atoms with Crippen molar-refractivity contribution in [3.63, 3.8) is 0 Å². The number of carbonyl (C=O) groups is 2. The molecule has 0 saturated carbocycles. The summed E-state index contributed by atoms with van der Waals surface area (Å²) in [7, 11) is 0. The first-order valence-corrected chi connectivity index (χ1v) is 10.5. The summed E-state index contributed by atoms with van der Waals surface area (Å²) in [5.41, 5.74) is 1.58. The molecule has 0 unspecified atom stereocenters. The smallest absolute Gasteiger partial charge is 0.271 e. The van der Waals surface area contributed by atoms with Crippen LogP contribution >= 0.6 is 0 Å². The molecule has 0 spiro atoms. The average Bonchev–Trinajstić information content (AvgIpc) is 3.15. The Bertz CT molecular complexity index is 1210. The molecule has 11 heteroatoms. The number of hydrogen-bond donors (Lipinski definition) is 1. The standard InChI is InChI=1S/C22H23N5O6/c1-2-32-11-5-10-25-17-7-4-3-6-16(17)23-22(25)24-20(28)13-26-18-12-15(27(30)31)8-9-19(18)33-14-21(26)29/h3-4,6-9,12H,2,5,10-11,13-14H2,1H3,(H,23,24,28). The van der Waals surface area contributed by atoms with Crippen LogP contribution in [0, 0.1) is 10.1 Å². The second-order valence-corrected chi connectivity index (χ2v) is 7.35. The number of para-hydroxylation sites is 2. The molecule has 1 aliphatic heterocycles. The zero-order valence-electron chi connectivity index (χ0n) is 18.0. The van der Waals surface area contributed by atoms with Crippen LogP contribution in [-0.4, -0.2) is 52.7 Å². The van der Waals surface area contributed by atoms with E-state index < -0.39 is 16.7 Å². The zero-order valence-corrected chi connectivity index (χ0v) is 18.0. The van der Waals surface area contributed by atoms with Crippen LogP contribution in [0.4, 0.5) is 17.3 Å². The van der Waals surface area contributed by atoms with Crippen molar-refractivity contribution in [2.45, 2.75) is 19.9 Å². The molecule has 4 rings (SSSR count). The highest BCUT2D eigenvalue weighted by atomic mass is 16.6. The Morgan fingerprint density at radius 3 is 2.91 bits per heavy atom. The lowest BCUT2D eigenvalue weighted by Gasteiger charge is -2.28. The fourth-order valence-electron chi connectivity index (χ4n) is 3.65. The second kappa shape index (κ2) is 9.65. The maximum Gasteiger partial charge on any atom is 0.271 e. The van der Waals surface area contributed by atoms with E-state index in [1.54, 1.807) is 0 Å². The van der Waals surface area contributed by atoms with Crippen LogP contribution in [0.25, 0.3) is 11.0 Å². The molecule has 1 N–H and O–H groups in total. The van der Waals surface area contributed by atoms with Gasteiger partial charge in [-0.15, -0.1) is 0 Å². The first-order chi connectivity index (χ1) is 16.0. The summed E-state index contributed by atoms with van der Waals surface area (Å²) in [6, 6.07) is 11.5. The lowest BCUT2D eigenvalue weighted by Crippen LogP contribution is -2.43. The number of ether oxygens (including phenoxy) is 2. The van der Waals surface area contributed by atoms with E-state index in [4.69, 9.17) is 9.47 Å². The summed E-state index contributed by atoms with van der Waals surface area (Å²) in [5.74, 6) is -0.290. The van der Waals surface area contributed by atoms with Crippen molar-refractivity contribution in [1.29, 1.82) is 0 Å². The van der Waals surface area contributed by atoms with Crippen molar-refractivity contribution in [3.05, 3.63) is 52.6 Å². The van der Waals surface area contributed by atoms with Crippen LogP contribution in [0.2, 0.25) is 0 Å². The Hall–Kier alpha value is -3.99. The van der Waals surface area contributed by atoms with Crippen LogP contribution < -0.4 is 15.0 Å². The van der Waals surface area contributed by atoms with E-state index >= 15 is 0 Å². The Morgan fingerprint density at radius 2 is 2.12 bits per heavy atom. The van der Waals surface area contributed by atoms with E-state index in [2.05, 4.69) is 10.3 Å². The van der Waals surface area contributed by atoms with Crippen molar-refractivity contribution in [2.75, 3.05) is 36.6 Å². The number of benzene rings is 2. The number of nitro groups is 1. The van der Waals surface area contributed by atoms with E-state index in [0.717, 1.165) is 17.5 Å². The van der Waals surface area contributed by atoms with E-state index in [0.29, 0.717) is 31.5 Å². The maximum absolute atomic E-state index is 12.9. The molecule has 0 fully saturated rings. The number of hydrogen-bond acceptors (Lipinski definition) is 7. The van der Waals surface area contributed by atoms with Gasteiger partial charge in [-0.1, -0.05) is 12.1 Å². The van der Waals surface area contributed by atoms with Gasteiger partial charge in [-0.2, -0.15) is 0 Å². The molecule has 0 aliphatic carbocycles. The number of fused-ring (bicyclic) bond motifs is 2. The van der Waals surface area contributed by atoms with Gasteiger partial charge in [0.2, 0.25) is 11.9 Å². The molecule has 2 amide bonds. The van der Waals surface area contributed by atoms with Crippen molar-refractivity contribution in [3.8, 4) is 5.75 Å². The van der Waals surface area contributed by atoms with Gasteiger partial charge in [-0.3, -0.25) is 29.9 Å². The number of nitrogens with one attached hydrogen (secondary N) is 1. The number of imidazole rings is 1. The molecule has 3 aromatic rings. The molecule has 2 heterocycles. The number of anilines is 2. The number of nitrogens with zero attached hydrogens (tertiary/aromatic N) is 4. The molecule has 33 heavy (non-hydrogen) atoms. The first-order valence-electron chi connectivity index (χ1n) is 10.5. The van der Waals surface area contributed by atoms with Crippen LogP contribution in [0.1, 0.15) is 13.3 Å². The normalized spacial score (nSPS) is 13.0. The Kier molecular flexibility index (Phi) is 6.50. The number of nitro benzene ring substituents is 1. The molecule has 0 atom stereocenters. The van der Waals surface area contributed by atoms with Gasteiger partial charge in [-0.25, -0.2) is 4.98 Å². The second-order valence-electron chi connectivity index (χ2n) is 7.35. The third kappa shape index (κ3) is 4.77. The number of rotatable bonds is 9. The Labute approximate surface area is 189 Å². The third-order valence-corrected chi connectivity index (χ3v) is 5.18. The number of carbonyl (C=O) groups excluding carboxylic acids is 2. The average molecular weight is 453 g/mol. The minimum Gasteiger partial charge on any atom is -0.482 e. The molecular weight excluding hydrogens is 430 g/mol. The minimum atomic E-state index is -0.567. The quantitative estimate of drug-likeness (QED) is 0.300. The van der Waals surface area contributed by atoms with Crippen molar-refractivity contribution < 1.29 is 24.0 Å². The van der Waals surface area contributed by atoms with Gasteiger partial charge < -0.3 is 14.0 Å². The summed E-state index contributed by atoms with van der Waals surface area (Å²) < 4.78 is 12.7. The molecule has 2 aromatic carbocycles. The molecule has 0 saturated heterocycles. The zero-order chi connectivity index (χ0) is 23.4. The van der Waals surface area contributed by atoms with Crippen molar-refractivity contribution in [1.82, 2.24) is 9.55 Å². The SMILES string of the molecule is CCOCCCn1c(NC(=O)CN2C(=O)COc3ccc([N+](=O)[O-])cc32)nc2ccccc21. The number of amides is 2. The molecule has 0 radical (unpaired) electrons. The molecule has 11 nitrogen and oxygen atoms in total. The van der Waals surface area contributed by atoms with Gasteiger partial charge in [-0.05, 0) is 31.5 Å². The van der Waals surface area contributed by atoms with Crippen LogP contribution in [0.15, 0.2) is 42.5 Å². The predicted molar refractivity (Wildman–Crippen MR) is 120 cm³/mol. The summed E-state index contributed by atoms with van der Waals surface area (Å²) in [6.45, 7) is 3.13. The van der Waals surface area contributed by atoms with Crippen LogP contribution in [-0.2, 0) is 20.9 Å². The van der Waals surface area contributed by atoms with Crippen molar-refractivity contribution in [2.24, 2.45) is 0 Å².